The summed E-state index contributed by atoms with van der Waals surface area (Å²) in [6.45, 7) is 1.48. The second-order valence-corrected chi connectivity index (χ2v) is 3.61. The Labute approximate surface area is 60.9 Å². The fourth-order valence-electron chi connectivity index (χ4n) is 0.475. The standard InChI is InChI=1S/C5H12O4S/c1-3-5(4-6)9-10(2,7)8/h5-6H,3-4H2,1-2H3. The highest BCUT2D eigenvalue weighted by Gasteiger charge is 2.11. The topological polar surface area (TPSA) is 63.6 Å². The molecule has 0 fully saturated rings. The first-order valence-electron chi connectivity index (χ1n) is 2.98. The van der Waals surface area contributed by atoms with Gasteiger partial charge in [0.25, 0.3) is 10.1 Å². The van der Waals surface area contributed by atoms with Crippen molar-refractivity contribution in [3.05, 3.63) is 0 Å². The SMILES string of the molecule is CCC(CO)OS(C)(=O)=O. The van der Waals surface area contributed by atoms with E-state index in [1.807, 2.05) is 0 Å². The van der Waals surface area contributed by atoms with Gasteiger partial charge in [-0.15, -0.1) is 0 Å². The van der Waals surface area contributed by atoms with E-state index in [-0.39, 0.29) is 6.61 Å². The predicted molar refractivity (Wildman–Crippen MR) is 37.1 cm³/mol. The summed E-state index contributed by atoms with van der Waals surface area (Å²) < 4.78 is 25.3. The van der Waals surface area contributed by atoms with Crippen molar-refractivity contribution in [2.24, 2.45) is 0 Å². The fourth-order valence-corrected chi connectivity index (χ4v) is 1.17. The average Bonchev–Trinajstić information content (AvgIpc) is 1.81. The lowest BCUT2D eigenvalue weighted by Gasteiger charge is -2.09. The van der Waals surface area contributed by atoms with Gasteiger partial charge in [0.05, 0.1) is 19.0 Å². The van der Waals surface area contributed by atoms with Crippen LogP contribution in [-0.2, 0) is 14.3 Å². The number of rotatable bonds is 4. The molecule has 0 spiro atoms. The van der Waals surface area contributed by atoms with Crippen LogP contribution in [0.2, 0.25) is 0 Å². The Hall–Kier alpha value is -0.130. The normalized spacial score (nSPS) is 15.1. The Morgan fingerprint density at radius 3 is 2.20 bits per heavy atom. The van der Waals surface area contributed by atoms with E-state index >= 15 is 0 Å². The van der Waals surface area contributed by atoms with Gasteiger partial charge in [-0.1, -0.05) is 6.92 Å². The largest absolute Gasteiger partial charge is 0.394 e. The van der Waals surface area contributed by atoms with E-state index < -0.39 is 16.2 Å². The van der Waals surface area contributed by atoms with Crippen molar-refractivity contribution in [2.45, 2.75) is 19.4 Å². The van der Waals surface area contributed by atoms with Crippen LogP contribution < -0.4 is 0 Å². The quantitative estimate of drug-likeness (QED) is 0.587. The van der Waals surface area contributed by atoms with Crippen LogP contribution in [0.25, 0.3) is 0 Å². The van der Waals surface area contributed by atoms with Crippen molar-refractivity contribution in [1.82, 2.24) is 0 Å². The molecule has 0 bridgehead atoms. The van der Waals surface area contributed by atoms with E-state index in [1.165, 1.54) is 0 Å². The Kier molecular flexibility index (Phi) is 3.85. The van der Waals surface area contributed by atoms with Gasteiger partial charge in [-0.25, -0.2) is 0 Å². The first-order chi connectivity index (χ1) is 4.49. The molecule has 1 atom stereocenters. The Morgan fingerprint density at radius 2 is 2.10 bits per heavy atom. The Bertz CT molecular complexity index is 168. The molecule has 5 heteroatoms. The molecular formula is C5H12O4S. The third-order valence-corrected chi connectivity index (χ3v) is 1.59. The van der Waals surface area contributed by atoms with Crippen LogP contribution >= 0.6 is 0 Å². The molecule has 0 aromatic heterocycles. The molecule has 0 aliphatic carbocycles. The monoisotopic (exact) mass is 168 g/mol. The minimum absolute atomic E-state index is 0.260. The molecule has 1 unspecified atom stereocenters. The number of aliphatic hydroxyl groups is 1. The third-order valence-electron chi connectivity index (χ3n) is 0.970. The molecule has 1 N–H and O–H groups in total. The molecule has 0 aromatic rings. The van der Waals surface area contributed by atoms with Crippen molar-refractivity contribution in [2.75, 3.05) is 12.9 Å². The highest BCUT2D eigenvalue weighted by atomic mass is 32.2. The molecule has 0 rings (SSSR count). The van der Waals surface area contributed by atoms with Crippen LogP contribution in [0.15, 0.2) is 0 Å². The second kappa shape index (κ2) is 3.90. The van der Waals surface area contributed by atoms with Gasteiger partial charge in [0.15, 0.2) is 0 Å². The van der Waals surface area contributed by atoms with Crippen molar-refractivity contribution in [3.63, 3.8) is 0 Å². The zero-order valence-corrected chi connectivity index (χ0v) is 6.89. The molecular weight excluding hydrogens is 156 g/mol. The zero-order valence-electron chi connectivity index (χ0n) is 6.07. The van der Waals surface area contributed by atoms with Crippen LogP contribution in [0.4, 0.5) is 0 Å². The third kappa shape index (κ3) is 4.72. The summed E-state index contributed by atoms with van der Waals surface area (Å²) in [7, 11) is -3.41. The van der Waals surface area contributed by atoms with Gasteiger partial charge in [-0.05, 0) is 6.42 Å². The fraction of sp³-hybridized carbons (Fsp3) is 1.00. The molecule has 0 amide bonds. The molecule has 0 saturated carbocycles. The molecule has 0 saturated heterocycles. The number of hydrogen-bond donors (Lipinski definition) is 1. The van der Waals surface area contributed by atoms with Crippen LogP contribution in [0.3, 0.4) is 0 Å². The molecule has 0 radical (unpaired) electrons. The van der Waals surface area contributed by atoms with Crippen molar-refractivity contribution >= 4 is 10.1 Å². The maximum atomic E-state index is 10.4. The van der Waals surface area contributed by atoms with Crippen LogP contribution in [-0.4, -0.2) is 32.5 Å². The summed E-state index contributed by atoms with van der Waals surface area (Å²) in [4.78, 5) is 0. The maximum absolute atomic E-state index is 10.4. The summed E-state index contributed by atoms with van der Waals surface area (Å²) in [5.41, 5.74) is 0. The van der Waals surface area contributed by atoms with Crippen molar-refractivity contribution < 1.29 is 17.7 Å². The first kappa shape index (κ1) is 9.87. The van der Waals surface area contributed by atoms with Crippen LogP contribution in [0.5, 0.6) is 0 Å². The summed E-state index contributed by atoms with van der Waals surface area (Å²) >= 11 is 0. The number of hydrogen-bond acceptors (Lipinski definition) is 4. The molecule has 0 aliphatic heterocycles. The van der Waals surface area contributed by atoms with Gasteiger partial charge in [0.2, 0.25) is 0 Å². The maximum Gasteiger partial charge on any atom is 0.264 e. The summed E-state index contributed by atoms with van der Waals surface area (Å²) in [6.07, 6.45) is 0.865. The van der Waals surface area contributed by atoms with E-state index in [0.29, 0.717) is 6.42 Å². The lowest BCUT2D eigenvalue weighted by atomic mass is 10.3. The van der Waals surface area contributed by atoms with Gasteiger partial charge in [-0.2, -0.15) is 8.42 Å². The molecule has 0 aromatic carbocycles. The lowest BCUT2D eigenvalue weighted by Crippen LogP contribution is -2.20. The van der Waals surface area contributed by atoms with E-state index in [4.69, 9.17) is 5.11 Å². The minimum Gasteiger partial charge on any atom is -0.394 e. The lowest BCUT2D eigenvalue weighted by molar-refractivity contribution is 0.119. The molecule has 4 nitrogen and oxygen atoms in total. The van der Waals surface area contributed by atoms with Gasteiger partial charge < -0.3 is 5.11 Å². The smallest absolute Gasteiger partial charge is 0.264 e. The van der Waals surface area contributed by atoms with E-state index in [2.05, 4.69) is 4.18 Å². The number of aliphatic hydroxyl groups excluding tert-OH is 1. The van der Waals surface area contributed by atoms with Gasteiger partial charge >= 0.3 is 0 Å². The van der Waals surface area contributed by atoms with Crippen LogP contribution in [0, 0.1) is 0 Å². The van der Waals surface area contributed by atoms with E-state index in [1.54, 1.807) is 6.92 Å². The Morgan fingerprint density at radius 1 is 1.60 bits per heavy atom. The predicted octanol–water partition coefficient (Wildman–Crippen LogP) is -0.266. The van der Waals surface area contributed by atoms with E-state index in [9.17, 15) is 8.42 Å². The van der Waals surface area contributed by atoms with Crippen molar-refractivity contribution in [1.29, 1.82) is 0 Å². The molecule has 0 heterocycles. The highest BCUT2D eigenvalue weighted by Crippen LogP contribution is 2.00. The first-order valence-corrected chi connectivity index (χ1v) is 4.80. The van der Waals surface area contributed by atoms with E-state index in [0.717, 1.165) is 6.26 Å². The minimum atomic E-state index is -3.41. The summed E-state index contributed by atoms with van der Waals surface area (Å²) in [5.74, 6) is 0. The van der Waals surface area contributed by atoms with Crippen LogP contribution in [0.1, 0.15) is 13.3 Å². The highest BCUT2D eigenvalue weighted by molar-refractivity contribution is 7.86. The molecule has 10 heavy (non-hydrogen) atoms. The summed E-state index contributed by atoms with van der Waals surface area (Å²) in [5, 5.41) is 8.50. The van der Waals surface area contributed by atoms with Crippen molar-refractivity contribution in [3.8, 4) is 0 Å². The van der Waals surface area contributed by atoms with Gasteiger partial charge in [0.1, 0.15) is 0 Å². The Balaban J connectivity index is 3.87. The average molecular weight is 168 g/mol. The van der Waals surface area contributed by atoms with Gasteiger partial charge in [-0.3, -0.25) is 4.18 Å². The molecule has 0 aliphatic rings. The summed E-state index contributed by atoms with van der Waals surface area (Å²) in [6, 6.07) is 0. The zero-order chi connectivity index (χ0) is 8.20. The molecule has 62 valence electrons. The second-order valence-electron chi connectivity index (χ2n) is 2.01. The van der Waals surface area contributed by atoms with Gasteiger partial charge in [0, 0.05) is 0 Å².